The van der Waals surface area contributed by atoms with E-state index in [1.165, 1.54) is 0 Å². The molecule has 0 bridgehead atoms. The predicted octanol–water partition coefficient (Wildman–Crippen LogP) is 7.74. The van der Waals surface area contributed by atoms with Crippen LogP contribution < -0.4 is 0 Å². The maximum absolute atomic E-state index is 4.76. The standard InChI is InChI=1S/C21H42N4.C10H20N2.CH2Cl2/c1-17(2,3)22-13-14-23(18(4,5)6)21(22)24(19(7,8)9)15-16-25(21)20(10,11)12;1-9(2,3)11-7-8-12-10(4,5)6;2-1-3/h13,15H,14,16H2,1-12H3;7-8H,1-6H3;1H2/q+2;;. The molecular formula is C32H64Cl2N6+2. The van der Waals surface area contributed by atoms with Crippen molar-refractivity contribution in [2.24, 2.45) is 9.98 Å². The minimum Gasteiger partial charge on any atom is -0.286 e. The quantitative estimate of drug-likeness (QED) is 0.175. The highest BCUT2D eigenvalue weighted by molar-refractivity contribution is 6.40. The van der Waals surface area contributed by atoms with Gasteiger partial charge in [0.1, 0.15) is 0 Å². The third kappa shape index (κ3) is 11.1. The summed E-state index contributed by atoms with van der Waals surface area (Å²) >= 11 is 9.53. The van der Waals surface area contributed by atoms with Crippen LogP contribution in [0.4, 0.5) is 0 Å². The van der Waals surface area contributed by atoms with Crippen molar-refractivity contribution in [3.8, 4) is 0 Å². The van der Waals surface area contributed by atoms with E-state index in [1.807, 2.05) is 0 Å². The fourth-order valence-electron chi connectivity index (χ4n) is 5.01. The lowest BCUT2D eigenvalue weighted by Crippen LogP contribution is -2.77. The molecule has 0 amide bonds. The molecule has 0 saturated carbocycles. The molecule has 0 unspecified atom stereocenters. The number of alkyl halides is 2. The number of nitrogens with zero attached hydrogens (tertiary/aromatic N) is 6. The Labute approximate surface area is 258 Å². The van der Waals surface area contributed by atoms with E-state index in [4.69, 9.17) is 23.2 Å². The third-order valence-corrected chi connectivity index (χ3v) is 6.32. The van der Waals surface area contributed by atoms with Crippen LogP contribution in [0.5, 0.6) is 0 Å². The van der Waals surface area contributed by atoms with Crippen LogP contribution in [0.3, 0.4) is 0 Å². The Kier molecular flexibility index (Phi) is 13.4. The van der Waals surface area contributed by atoms with Gasteiger partial charge in [0.15, 0.2) is 23.5 Å². The second-order valence-electron chi connectivity index (χ2n) is 16.6. The van der Waals surface area contributed by atoms with Gasteiger partial charge in [0.2, 0.25) is 0 Å². The number of hydrogen-bond acceptors (Lipinski definition) is 4. The molecule has 2 aliphatic rings. The van der Waals surface area contributed by atoms with E-state index >= 15 is 0 Å². The molecule has 2 rings (SSSR count). The average molecular weight is 604 g/mol. The van der Waals surface area contributed by atoms with Crippen molar-refractivity contribution in [1.29, 1.82) is 0 Å². The zero-order valence-electron chi connectivity index (χ0n) is 29.4. The lowest BCUT2D eigenvalue weighted by atomic mass is 9.98. The van der Waals surface area contributed by atoms with Crippen molar-refractivity contribution in [3.63, 3.8) is 0 Å². The van der Waals surface area contributed by atoms with E-state index in [-0.39, 0.29) is 44.5 Å². The van der Waals surface area contributed by atoms with Crippen LogP contribution in [0, 0.1) is 0 Å². The number of aliphatic imine (C=N–C) groups is 2. The van der Waals surface area contributed by atoms with Crippen LogP contribution >= 0.6 is 23.2 Å². The summed E-state index contributed by atoms with van der Waals surface area (Å²) in [6, 6.07) is 0. The molecule has 2 heterocycles. The predicted molar refractivity (Wildman–Crippen MR) is 181 cm³/mol. The van der Waals surface area contributed by atoms with E-state index in [0.717, 1.165) is 13.1 Å². The van der Waals surface area contributed by atoms with Crippen LogP contribution in [0.1, 0.15) is 125 Å². The Morgan fingerprint density at radius 3 is 1.02 bits per heavy atom. The molecule has 0 fully saturated rings. The highest BCUT2D eigenvalue weighted by Crippen LogP contribution is 2.43. The van der Waals surface area contributed by atoms with Gasteiger partial charge in [-0.05, 0) is 83.1 Å². The maximum atomic E-state index is 4.76. The molecule has 0 saturated heterocycles. The Morgan fingerprint density at radius 2 is 0.850 bits per heavy atom. The smallest absolute Gasteiger partial charge is 0.286 e. The van der Waals surface area contributed by atoms with Gasteiger partial charge in [-0.2, -0.15) is 9.80 Å². The summed E-state index contributed by atoms with van der Waals surface area (Å²) < 4.78 is 5.20. The summed E-state index contributed by atoms with van der Waals surface area (Å²) in [6.07, 6.45) is 8.38. The fourth-order valence-corrected chi connectivity index (χ4v) is 5.01. The van der Waals surface area contributed by atoms with Gasteiger partial charge in [-0.1, -0.05) is 0 Å². The average Bonchev–Trinajstić information content (AvgIpc) is 3.27. The molecule has 1 spiro atoms. The Hall–Kier alpha value is -0.820. The molecule has 6 nitrogen and oxygen atoms in total. The van der Waals surface area contributed by atoms with E-state index in [2.05, 4.69) is 166 Å². The van der Waals surface area contributed by atoms with Crippen LogP contribution in [0.2, 0.25) is 0 Å². The van der Waals surface area contributed by atoms with Gasteiger partial charge in [0.25, 0.3) is 0 Å². The van der Waals surface area contributed by atoms with Crippen molar-refractivity contribution in [2.75, 3.05) is 18.4 Å². The molecule has 0 radical (unpaired) electrons. The van der Waals surface area contributed by atoms with Crippen LogP contribution in [-0.4, -0.2) is 101 Å². The zero-order valence-corrected chi connectivity index (χ0v) is 30.9. The second kappa shape index (κ2) is 13.7. The first-order chi connectivity index (χ1) is 17.6. The Bertz CT molecular complexity index is 845. The summed E-state index contributed by atoms with van der Waals surface area (Å²) in [4.78, 5) is 13.9. The zero-order chi connectivity index (χ0) is 32.2. The Morgan fingerprint density at radius 1 is 0.600 bits per heavy atom. The van der Waals surface area contributed by atoms with Crippen molar-refractivity contribution < 1.29 is 9.15 Å². The van der Waals surface area contributed by atoms with Crippen molar-refractivity contribution in [2.45, 2.75) is 164 Å². The minimum atomic E-state index is -0.285. The number of hydrogen-bond donors (Lipinski definition) is 0. The largest absolute Gasteiger partial charge is 0.490 e. The molecule has 0 N–H and O–H groups in total. The monoisotopic (exact) mass is 602 g/mol. The first-order valence-electron chi connectivity index (χ1n) is 14.6. The van der Waals surface area contributed by atoms with Crippen molar-refractivity contribution in [1.82, 2.24) is 9.80 Å². The number of halogens is 2. The van der Waals surface area contributed by atoms with Gasteiger partial charge >= 0.3 is 5.91 Å². The molecule has 40 heavy (non-hydrogen) atoms. The lowest BCUT2D eigenvalue weighted by Gasteiger charge is -2.48. The van der Waals surface area contributed by atoms with Crippen molar-refractivity contribution >= 4 is 48.1 Å². The van der Waals surface area contributed by atoms with Crippen LogP contribution in [-0.2, 0) is 0 Å². The van der Waals surface area contributed by atoms with Crippen molar-refractivity contribution in [3.05, 3.63) is 0 Å². The highest BCUT2D eigenvalue weighted by atomic mass is 35.5. The molecule has 0 aliphatic carbocycles. The lowest BCUT2D eigenvalue weighted by molar-refractivity contribution is -0.909. The van der Waals surface area contributed by atoms with Crippen LogP contribution in [0.25, 0.3) is 0 Å². The number of rotatable bonds is 1. The van der Waals surface area contributed by atoms with E-state index in [9.17, 15) is 0 Å². The van der Waals surface area contributed by atoms with E-state index in [1.54, 1.807) is 12.4 Å². The molecule has 0 atom stereocenters. The van der Waals surface area contributed by atoms with E-state index < -0.39 is 0 Å². The highest BCUT2D eigenvalue weighted by Gasteiger charge is 2.75. The first-order valence-corrected chi connectivity index (χ1v) is 15.7. The van der Waals surface area contributed by atoms with Gasteiger partial charge in [0, 0.05) is 65.0 Å². The Balaban J connectivity index is 0.000000850. The summed E-state index contributed by atoms with van der Waals surface area (Å²) in [7, 11) is 0. The van der Waals surface area contributed by atoms with Gasteiger partial charge in [-0.25, -0.2) is 0 Å². The SMILES string of the molecule is CC(C)(C)N1CC=[N+](C(C)(C)C)C12N(C(C)(C)C)CC=[N+]2C(C)(C)C.CC(C)(C)N=CC=NC(C)(C)C.ClCCl. The summed E-state index contributed by atoms with van der Waals surface area (Å²) in [6.45, 7) is 42.4. The maximum Gasteiger partial charge on any atom is 0.490 e. The molecule has 234 valence electrons. The topological polar surface area (TPSA) is 37.2 Å². The third-order valence-electron chi connectivity index (χ3n) is 6.32. The fraction of sp³-hybridized carbons (Fsp3) is 0.875. The second-order valence-corrected chi connectivity index (χ2v) is 17.4. The molecule has 0 aromatic carbocycles. The van der Waals surface area contributed by atoms with Gasteiger partial charge in [-0.3, -0.25) is 9.98 Å². The molecule has 0 aromatic heterocycles. The first kappa shape index (κ1) is 39.2. The summed E-state index contributed by atoms with van der Waals surface area (Å²) in [5, 5.41) is 0.194. The van der Waals surface area contributed by atoms with E-state index in [0.29, 0.717) is 0 Å². The summed E-state index contributed by atoms with van der Waals surface area (Å²) in [5.74, 6) is -0.285. The normalized spacial score (nSPS) is 19.5. The van der Waals surface area contributed by atoms with Crippen LogP contribution in [0.15, 0.2) is 9.98 Å². The molecule has 2 aliphatic heterocycles. The minimum absolute atomic E-state index is 0.00387. The molecule has 8 heteroatoms. The summed E-state index contributed by atoms with van der Waals surface area (Å²) in [5.41, 5.74) is 0.188. The molecular weight excluding hydrogens is 539 g/mol. The molecule has 0 aromatic rings. The van der Waals surface area contributed by atoms with Gasteiger partial charge < -0.3 is 0 Å². The van der Waals surface area contributed by atoms with Gasteiger partial charge in [0.05, 0.1) is 29.5 Å². The van der Waals surface area contributed by atoms with Gasteiger partial charge in [-0.15, -0.1) is 32.4 Å².